The average molecular weight is 242 g/mol. The van der Waals surface area contributed by atoms with Crippen molar-refractivity contribution < 1.29 is 19.1 Å². The molecule has 0 unspecified atom stereocenters. The minimum absolute atomic E-state index is 0.117. The summed E-state index contributed by atoms with van der Waals surface area (Å²) in [7, 11) is 0. The highest BCUT2D eigenvalue weighted by Crippen LogP contribution is 2.14. The third kappa shape index (κ3) is 6.76. The fourth-order valence-electron chi connectivity index (χ4n) is 1.09. The molecule has 0 aromatic rings. The maximum absolute atomic E-state index is 11.6. The van der Waals surface area contributed by atoms with Crippen LogP contribution in [0.1, 0.15) is 47.0 Å². The molecule has 0 heterocycles. The van der Waals surface area contributed by atoms with E-state index < -0.39 is 17.5 Å². The number of esters is 2. The summed E-state index contributed by atoms with van der Waals surface area (Å²) in [6.07, 6.45) is 1.87. The largest absolute Gasteiger partial charge is 0.463 e. The van der Waals surface area contributed by atoms with Crippen LogP contribution in [0.5, 0.6) is 0 Å². The molecule has 4 nitrogen and oxygen atoms in total. The van der Waals surface area contributed by atoms with Gasteiger partial charge in [0, 0.05) is 0 Å². The number of carbonyl (C=O) groups is 2. The first-order valence-corrected chi connectivity index (χ1v) is 5.83. The normalized spacial score (nSPS) is 10.8. The summed E-state index contributed by atoms with van der Waals surface area (Å²) in [5, 5.41) is 0. The van der Waals surface area contributed by atoms with Gasteiger partial charge in [0.15, 0.2) is 0 Å². The highest BCUT2D eigenvalue weighted by molar-refractivity contribution is 5.83. The second kappa shape index (κ2) is 7.09. The van der Waals surface area contributed by atoms with Crippen molar-refractivity contribution in [1.82, 2.24) is 0 Å². The molecule has 0 bridgehead atoms. The van der Waals surface area contributed by atoms with Crippen molar-refractivity contribution in [2.75, 3.05) is 6.61 Å². The Labute approximate surface area is 103 Å². The van der Waals surface area contributed by atoms with E-state index in [-0.39, 0.29) is 6.42 Å². The lowest BCUT2D eigenvalue weighted by atomic mass is 10.1. The van der Waals surface area contributed by atoms with Crippen molar-refractivity contribution in [3.05, 3.63) is 12.2 Å². The van der Waals surface area contributed by atoms with Gasteiger partial charge < -0.3 is 9.47 Å². The zero-order valence-corrected chi connectivity index (χ0v) is 11.2. The van der Waals surface area contributed by atoms with Gasteiger partial charge in [0.1, 0.15) is 0 Å². The molecule has 0 fully saturated rings. The number of carbonyl (C=O) groups excluding carboxylic acids is 2. The third-order valence-electron chi connectivity index (χ3n) is 2.04. The SMILES string of the molecule is C=C(C)CC(=O)OC(C)(C)C(=O)OCCCC. The Balaban J connectivity index is 4.21. The van der Waals surface area contributed by atoms with E-state index in [1.165, 1.54) is 13.8 Å². The van der Waals surface area contributed by atoms with Gasteiger partial charge in [-0.15, -0.1) is 0 Å². The fourth-order valence-corrected chi connectivity index (χ4v) is 1.09. The predicted molar refractivity (Wildman–Crippen MR) is 65.5 cm³/mol. The zero-order chi connectivity index (χ0) is 13.5. The van der Waals surface area contributed by atoms with Crippen LogP contribution in [-0.4, -0.2) is 24.1 Å². The Kier molecular flexibility index (Phi) is 6.54. The topological polar surface area (TPSA) is 52.6 Å². The summed E-state index contributed by atoms with van der Waals surface area (Å²) in [6.45, 7) is 10.8. The highest BCUT2D eigenvalue weighted by atomic mass is 16.6. The molecule has 0 radical (unpaired) electrons. The standard InChI is InChI=1S/C13H22O4/c1-6-7-8-16-12(15)13(4,5)17-11(14)9-10(2)3/h2,6-9H2,1,3-5H3. The maximum Gasteiger partial charge on any atom is 0.350 e. The Morgan fingerprint density at radius 3 is 2.35 bits per heavy atom. The maximum atomic E-state index is 11.6. The Morgan fingerprint density at radius 2 is 1.88 bits per heavy atom. The van der Waals surface area contributed by atoms with Gasteiger partial charge in [-0.05, 0) is 27.2 Å². The first-order chi connectivity index (χ1) is 7.79. The molecule has 0 atom stereocenters. The van der Waals surface area contributed by atoms with E-state index >= 15 is 0 Å². The first-order valence-electron chi connectivity index (χ1n) is 5.83. The van der Waals surface area contributed by atoms with Crippen LogP contribution in [0.25, 0.3) is 0 Å². The van der Waals surface area contributed by atoms with Crippen LogP contribution in [0.4, 0.5) is 0 Å². The van der Waals surface area contributed by atoms with E-state index in [4.69, 9.17) is 9.47 Å². The Morgan fingerprint density at radius 1 is 1.29 bits per heavy atom. The van der Waals surface area contributed by atoms with Gasteiger partial charge >= 0.3 is 11.9 Å². The van der Waals surface area contributed by atoms with E-state index in [1.54, 1.807) is 6.92 Å². The summed E-state index contributed by atoms with van der Waals surface area (Å²) in [5.74, 6) is -0.976. The van der Waals surface area contributed by atoms with Crippen molar-refractivity contribution in [2.24, 2.45) is 0 Å². The van der Waals surface area contributed by atoms with E-state index in [2.05, 4.69) is 6.58 Å². The van der Waals surface area contributed by atoms with E-state index in [1.807, 2.05) is 6.92 Å². The lowest BCUT2D eigenvalue weighted by molar-refractivity contribution is -0.178. The van der Waals surface area contributed by atoms with Crippen LogP contribution >= 0.6 is 0 Å². The molecule has 0 saturated carbocycles. The van der Waals surface area contributed by atoms with E-state index in [0.717, 1.165) is 12.8 Å². The molecule has 17 heavy (non-hydrogen) atoms. The minimum atomic E-state index is -1.24. The number of ether oxygens (including phenoxy) is 2. The van der Waals surface area contributed by atoms with Crippen LogP contribution in [-0.2, 0) is 19.1 Å². The van der Waals surface area contributed by atoms with Crippen molar-refractivity contribution in [3.8, 4) is 0 Å². The molecular weight excluding hydrogens is 220 g/mol. The third-order valence-corrected chi connectivity index (χ3v) is 2.04. The van der Waals surface area contributed by atoms with Gasteiger partial charge in [-0.1, -0.05) is 25.5 Å². The summed E-state index contributed by atoms with van der Waals surface area (Å²) in [5.41, 5.74) is -0.537. The van der Waals surface area contributed by atoms with Crippen LogP contribution in [0.3, 0.4) is 0 Å². The summed E-state index contributed by atoms with van der Waals surface area (Å²) < 4.78 is 10.1. The number of unbranched alkanes of at least 4 members (excludes halogenated alkanes) is 1. The first kappa shape index (κ1) is 15.7. The van der Waals surface area contributed by atoms with E-state index in [9.17, 15) is 9.59 Å². The monoisotopic (exact) mass is 242 g/mol. The summed E-state index contributed by atoms with van der Waals surface area (Å²) in [4.78, 5) is 23.1. The quantitative estimate of drug-likeness (QED) is 0.391. The van der Waals surface area contributed by atoms with Gasteiger partial charge in [0.05, 0.1) is 13.0 Å². The fraction of sp³-hybridized carbons (Fsp3) is 0.692. The second-order valence-corrected chi connectivity index (χ2v) is 4.61. The van der Waals surface area contributed by atoms with Crippen molar-refractivity contribution in [2.45, 2.75) is 52.6 Å². The molecule has 98 valence electrons. The molecule has 0 aromatic carbocycles. The molecule has 0 aromatic heterocycles. The summed E-state index contributed by atoms with van der Waals surface area (Å²) >= 11 is 0. The molecular formula is C13H22O4. The van der Waals surface area contributed by atoms with Crippen molar-refractivity contribution >= 4 is 11.9 Å². The van der Waals surface area contributed by atoms with E-state index in [0.29, 0.717) is 12.2 Å². The van der Waals surface area contributed by atoms with Gasteiger partial charge in [-0.3, -0.25) is 4.79 Å². The zero-order valence-electron chi connectivity index (χ0n) is 11.2. The van der Waals surface area contributed by atoms with Crippen LogP contribution < -0.4 is 0 Å². The molecule has 0 spiro atoms. The lowest BCUT2D eigenvalue weighted by Gasteiger charge is -2.23. The van der Waals surface area contributed by atoms with Crippen LogP contribution in [0.15, 0.2) is 12.2 Å². The van der Waals surface area contributed by atoms with Gasteiger partial charge in [-0.25, -0.2) is 4.79 Å². The Bertz CT molecular complexity index is 292. The second-order valence-electron chi connectivity index (χ2n) is 4.61. The Hall–Kier alpha value is -1.32. The predicted octanol–water partition coefficient (Wildman–Crippen LogP) is 2.62. The smallest absolute Gasteiger partial charge is 0.350 e. The highest BCUT2D eigenvalue weighted by Gasteiger charge is 2.33. The molecule has 0 saturated heterocycles. The number of hydrogen-bond acceptors (Lipinski definition) is 4. The molecule has 0 aliphatic carbocycles. The van der Waals surface area contributed by atoms with Gasteiger partial charge in [0.25, 0.3) is 0 Å². The molecule has 0 N–H and O–H groups in total. The average Bonchev–Trinajstić information content (AvgIpc) is 2.15. The minimum Gasteiger partial charge on any atom is -0.463 e. The van der Waals surface area contributed by atoms with Gasteiger partial charge in [0.2, 0.25) is 5.60 Å². The molecule has 0 rings (SSSR count). The van der Waals surface area contributed by atoms with Crippen LogP contribution in [0.2, 0.25) is 0 Å². The number of rotatable bonds is 7. The molecule has 4 heteroatoms. The lowest BCUT2D eigenvalue weighted by Crippen LogP contribution is -2.39. The molecule has 0 aliphatic rings. The van der Waals surface area contributed by atoms with Crippen molar-refractivity contribution in [3.63, 3.8) is 0 Å². The summed E-state index contributed by atoms with van der Waals surface area (Å²) in [6, 6.07) is 0. The number of hydrogen-bond donors (Lipinski definition) is 0. The van der Waals surface area contributed by atoms with Crippen LogP contribution in [0, 0.1) is 0 Å². The van der Waals surface area contributed by atoms with Crippen molar-refractivity contribution in [1.29, 1.82) is 0 Å². The van der Waals surface area contributed by atoms with Gasteiger partial charge in [-0.2, -0.15) is 0 Å². The molecule has 0 amide bonds. The molecule has 0 aliphatic heterocycles.